The Morgan fingerprint density at radius 3 is 2.37 bits per heavy atom. The molecule has 41 heavy (non-hydrogen) atoms. The maximum Gasteiger partial charge on any atom is 0.410 e. The second-order valence-electron chi connectivity index (χ2n) is 12.3. The van der Waals surface area contributed by atoms with Crippen LogP contribution >= 0.6 is 0 Å². The lowest BCUT2D eigenvalue weighted by Gasteiger charge is -2.35. The molecule has 6 heteroatoms. The SMILES string of the molecule is COC(=O)CCCCCN1C[C@H](CN(C(=O)OC(C)(C)C)[C@H](C)c2cccc3ccccc23)[C@@H](c2ccccc2)C1. The molecule has 4 rings (SSSR count). The van der Waals surface area contributed by atoms with Gasteiger partial charge in [-0.1, -0.05) is 79.2 Å². The second kappa shape index (κ2) is 14.0. The number of benzene rings is 3. The minimum atomic E-state index is -0.585. The molecular weight excluding hydrogens is 512 g/mol. The van der Waals surface area contributed by atoms with Gasteiger partial charge in [-0.25, -0.2) is 4.79 Å². The number of carbonyl (C=O) groups excluding carboxylic acids is 2. The van der Waals surface area contributed by atoms with Gasteiger partial charge in [0, 0.05) is 32.0 Å². The second-order valence-corrected chi connectivity index (χ2v) is 12.3. The van der Waals surface area contributed by atoms with E-state index in [9.17, 15) is 9.59 Å². The molecule has 220 valence electrons. The number of ether oxygens (including phenoxy) is 2. The van der Waals surface area contributed by atoms with Crippen LogP contribution in [0.25, 0.3) is 10.8 Å². The summed E-state index contributed by atoms with van der Waals surface area (Å²) in [6.07, 6.45) is 3.08. The molecule has 1 heterocycles. The molecule has 0 unspecified atom stereocenters. The van der Waals surface area contributed by atoms with Crippen molar-refractivity contribution < 1.29 is 19.1 Å². The van der Waals surface area contributed by atoms with Crippen LogP contribution in [-0.2, 0) is 14.3 Å². The fraction of sp³-hybridized carbons (Fsp3) is 0.486. The Bertz CT molecular complexity index is 1280. The Morgan fingerprint density at radius 1 is 0.927 bits per heavy atom. The van der Waals surface area contributed by atoms with Gasteiger partial charge in [-0.05, 0) is 74.9 Å². The van der Waals surface area contributed by atoms with Crippen LogP contribution in [-0.4, -0.2) is 60.8 Å². The molecule has 1 aliphatic rings. The van der Waals surface area contributed by atoms with Crippen LogP contribution in [0.1, 0.15) is 76.5 Å². The molecule has 3 atom stereocenters. The third-order valence-electron chi connectivity index (χ3n) is 8.13. The summed E-state index contributed by atoms with van der Waals surface area (Å²) in [5, 5.41) is 2.33. The maximum absolute atomic E-state index is 13.8. The largest absolute Gasteiger partial charge is 0.469 e. The van der Waals surface area contributed by atoms with Crippen LogP contribution in [0.4, 0.5) is 4.79 Å². The van der Waals surface area contributed by atoms with Crippen LogP contribution in [0.15, 0.2) is 72.8 Å². The van der Waals surface area contributed by atoms with Crippen molar-refractivity contribution in [3.63, 3.8) is 0 Å². The number of rotatable bonds is 11. The standard InChI is InChI=1S/C35H46N2O4/c1-26(30-20-14-18-27-17-11-12-19-31(27)30)37(34(39)41-35(2,3)4)24-29-23-36(22-13-7-10-21-33(38)40-5)25-32(29)28-15-8-6-9-16-28/h6,8-9,11-12,14-20,26,29,32H,7,10,13,21-25H2,1-5H3/t26-,29-,32-/m1/s1. The van der Waals surface area contributed by atoms with Gasteiger partial charge in [-0.2, -0.15) is 0 Å². The van der Waals surface area contributed by atoms with Crippen LogP contribution in [0.3, 0.4) is 0 Å². The van der Waals surface area contributed by atoms with Crippen molar-refractivity contribution in [3.8, 4) is 0 Å². The van der Waals surface area contributed by atoms with Crippen LogP contribution < -0.4 is 0 Å². The Kier molecular flexibility index (Phi) is 10.4. The number of likely N-dealkylation sites (tertiary alicyclic amines) is 1. The Labute approximate surface area is 245 Å². The monoisotopic (exact) mass is 558 g/mol. The van der Waals surface area contributed by atoms with Crippen molar-refractivity contribution in [1.29, 1.82) is 0 Å². The van der Waals surface area contributed by atoms with Gasteiger partial charge in [0.15, 0.2) is 0 Å². The number of hydrogen-bond acceptors (Lipinski definition) is 5. The number of methoxy groups -OCH3 is 1. The zero-order valence-corrected chi connectivity index (χ0v) is 25.3. The first-order valence-corrected chi connectivity index (χ1v) is 15.0. The van der Waals surface area contributed by atoms with Gasteiger partial charge in [0.25, 0.3) is 0 Å². The molecule has 1 aliphatic heterocycles. The number of nitrogens with zero attached hydrogens (tertiary/aromatic N) is 2. The highest BCUT2D eigenvalue weighted by atomic mass is 16.6. The van der Waals surface area contributed by atoms with E-state index in [-0.39, 0.29) is 24.0 Å². The molecule has 3 aromatic carbocycles. The average Bonchev–Trinajstić information content (AvgIpc) is 3.37. The number of esters is 1. The number of fused-ring (bicyclic) bond motifs is 1. The molecule has 0 radical (unpaired) electrons. The highest BCUT2D eigenvalue weighted by Crippen LogP contribution is 2.37. The number of carbonyl (C=O) groups is 2. The van der Waals surface area contributed by atoms with Gasteiger partial charge >= 0.3 is 12.1 Å². The minimum Gasteiger partial charge on any atom is -0.469 e. The molecular formula is C35H46N2O4. The van der Waals surface area contributed by atoms with Crippen molar-refractivity contribution in [2.45, 2.75) is 70.9 Å². The number of hydrogen-bond donors (Lipinski definition) is 0. The molecule has 0 N–H and O–H groups in total. The summed E-state index contributed by atoms with van der Waals surface area (Å²) in [6, 6.07) is 25.2. The van der Waals surface area contributed by atoms with E-state index in [2.05, 4.69) is 84.6 Å². The Hall–Kier alpha value is -3.38. The van der Waals surface area contributed by atoms with Gasteiger partial charge in [0.2, 0.25) is 0 Å². The lowest BCUT2D eigenvalue weighted by atomic mass is 9.88. The van der Waals surface area contributed by atoms with E-state index in [1.54, 1.807) is 0 Å². The molecule has 0 aliphatic carbocycles. The normalized spacial score (nSPS) is 18.3. The topological polar surface area (TPSA) is 59.1 Å². The van der Waals surface area contributed by atoms with Crippen LogP contribution in [0.5, 0.6) is 0 Å². The van der Waals surface area contributed by atoms with E-state index in [1.165, 1.54) is 18.1 Å². The molecule has 1 amide bonds. The van der Waals surface area contributed by atoms with Crippen molar-refractivity contribution in [2.75, 3.05) is 33.3 Å². The van der Waals surface area contributed by atoms with E-state index in [0.717, 1.165) is 49.8 Å². The fourth-order valence-electron chi connectivity index (χ4n) is 6.04. The summed E-state index contributed by atoms with van der Waals surface area (Å²) in [6.45, 7) is 11.4. The van der Waals surface area contributed by atoms with Crippen molar-refractivity contribution in [1.82, 2.24) is 9.80 Å². The van der Waals surface area contributed by atoms with Gasteiger partial charge in [-0.3, -0.25) is 4.79 Å². The number of amides is 1. The first-order valence-electron chi connectivity index (χ1n) is 15.0. The van der Waals surface area contributed by atoms with Gasteiger partial charge in [0.05, 0.1) is 13.2 Å². The first-order chi connectivity index (χ1) is 19.7. The molecule has 0 bridgehead atoms. The van der Waals surface area contributed by atoms with Gasteiger partial charge < -0.3 is 19.3 Å². The van der Waals surface area contributed by atoms with E-state index in [1.807, 2.05) is 25.7 Å². The predicted molar refractivity (Wildman–Crippen MR) is 165 cm³/mol. The minimum absolute atomic E-state index is 0.141. The lowest BCUT2D eigenvalue weighted by Crippen LogP contribution is -2.42. The van der Waals surface area contributed by atoms with E-state index < -0.39 is 5.60 Å². The zero-order valence-electron chi connectivity index (χ0n) is 25.3. The van der Waals surface area contributed by atoms with E-state index >= 15 is 0 Å². The lowest BCUT2D eigenvalue weighted by molar-refractivity contribution is -0.140. The summed E-state index contributed by atoms with van der Waals surface area (Å²) >= 11 is 0. The highest BCUT2D eigenvalue weighted by molar-refractivity contribution is 5.86. The fourth-order valence-corrected chi connectivity index (χ4v) is 6.04. The van der Waals surface area contributed by atoms with Crippen molar-refractivity contribution in [2.24, 2.45) is 5.92 Å². The molecule has 0 saturated carbocycles. The Morgan fingerprint density at radius 2 is 1.63 bits per heavy atom. The van der Waals surface area contributed by atoms with E-state index in [0.29, 0.717) is 18.9 Å². The summed E-state index contributed by atoms with van der Waals surface area (Å²) in [7, 11) is 1.44. The highest BCUT2D eigenvalue weighted by Gasteiger charge is 2.38. The molecule has 3 aromatic rings. The third-order valence-corrected chi connectivity index (χ3v) is 8.13. The first kappa shape index (κ1) is 30.6. The average molecular weight is 559 g/mol. The predicted octanol–water partition coefficient (Wildman–Crippen LogP) is 7.59. The number of unbranched alkanes of at least 4 members (excludes halogenated alkanes) is 2. The zero-order chi connectivity index (χ0) is 29.4. The smallest absolute Gasteiger partial charge is 0.410 e. The summed E-state index contributed by atoms with van der Waals surface area (Å²) in [5.74, 6) is 0.436. The van der Waals surface area contributed by atoms with Gasteiger partial charge in [0.1, 0.15) is 5.60 Å². The van der Waals surface area contributed by atoms with Crippen LogP contribution in [0, 0.1) is 5.92 Å². The van der Waals surface area contributed by atoms with Crippen molar-refractivity contribution in [3.05, 3.63) is 83.9 Å². The summed E-state index contributed by atoms with van der Waals surface area (Å²) in [5.41, 5.74) is 1.86. The van der Waals surface area contributed by atoms with Crippen molar-refractivity contribution >= 4 is 22.8 Å². The molecule has 1 saturated heterocycles. The molecule has 1 fully saturated rings. The van der Waals surface area contributed by atoms with E-state index in [4.69, 9.17) is 9.47 Å². The summed E-state index contributed by atoms with van der Waals surface area (Å²) in [4.78, 5) is 29.7. The quantitative estimate of drug-likeness (QED) is 0.179. The summed E-state index contributed by atoms with van der Waals surface area (Å²) < 4.78 is 10.8. The van der Waals surface area contributed by atoms with Gasteiger partial charge in [-0.15, -0.1) is 0 Å². The molecule has 6 nitrogen and oxygen atoms in total. The van der Waals surface area contributed by atoms with Crippen LogP contribution in [0.2, 0.25) is 0 Å². The maximum atomic E-state index is 13.8. The Balaban J connectivity index is 1.56. The molecule has 0 aromatic heterocycles. The molecule has 0 spiro atoms. The third kappa shape index (κ3) is 8.32.